The molecule has 2 amide bonds. The van der Waals surface area contributed by atoms with Gasteiger partial charge < -0.3 is 24.8 Å². The maximum atomic E-state index is 13.1. The number of carbonyl (C=O) groups excluding carboxylic acids is 2. The number of aromatic nitrogens is 2. The standard InChI is InChI=1S/C37H37F3N4O5S/c1-23-31(22-50-36-41-17-5-18-42-36)48-34(49-32(23)26-11-9-24(21-45)10-12-26)27-15-13-25(14-16-27)29-7-3-2-6-28(29)20-43-33(46)30-8-4-19-44(30)35(47)37(38,39)40/h2-3,5-7,9-18,23,30-32,34,45H,4,8,19-22H2,1H3,(H,43,46)/t23-,30+,31+,32+,34+/m1/s1. The topological polar surface area (TPSA) is 114 Å². The lowest BCUT2D eigenvalue weighted by Crippen LogP contribution is -2.50. The molecule has 2 aliphatic rings. The molecule has 13 heteroatoms. The van der Waals surface area contributed by atoms with Gasteiger partial charge in [-0.25, -0.2) is 9.97 Å². The van der Waals surface area contributed by atoms with Crippen LogP contribution in [-0.4, -0.2) is 62.4 Å². The number of aliphatic hydroxyl groups excluding tert-OH is 1. The molecule has 0 unspecified atom stereocenters. The first-order valence-electron chi connectivity index (χ1n) is 16.4. The quantitative estimate of drug-likeness (QED) is 0.144. The first-order valence-corrected chi connectivity index (χ1v) is 17.3. The lowest BCUT2D eigenvalue weighted by molar-refractivity contribution is -0.268. The molecule has 50 heavy (non-hydrogen) atoms. The van der Waals surface area contributed by atoms with Crippen molar-refractivity contribution in [3.63, 3.8) is 0 Å². The van der Waals surface area contributed by atoms with Crippen LogP contribution >= 0.6 is 11.8 Å². The second-order valence-corrected chi connectivity index (χ2v) is 13.3. The van der Waals surface area contributed by atoms with Crippen LogP contribution in [0.15, 0.2) is 96.4 Å². The van der Waals surface area contributed by atoms with Crippen molar-refractivity contribution in [3.8, 4) is 11.1 Å². The minimum absolute atomic E-state index is 0.00769. The third-order valence-corrected chi connectivity index (χ3v) is 10.0. The van der Waals surface area contributed by atoms with E-state index in [0.29, 0.717) is 22.2 Å². The Bertz CT molecular complexity index is 1760. The predicted octanol–water partition coefficient (Wildman–Crippen LogP) is 6.39. The Morgan fingerprint density at radius 3 is 2.36 bits per heavy atom. The van der Waals surface area contributed by atoms with Crippen LogP contribution in [0.2, 0.25) is 0 Å². The highest BCUT2D eigenvalue weighted by molar-refractivity contribution is 7.99. The van der Waals surface area contributed by atoms with Crippen LogP contribution in [0.3, 0.4) is 0 Å². The third-order valence-electron chi connectivity index (χ3n) is 9.07. The van der Waals surface area contributed by atoms with Gasteiger partial charge in [0.15, 0.2) is 11.4 Å². The Morgan fingerprint density at radius 2 is 1.66 bits per heavy atom. The molecule has 6 rings (SSSR count). The minimum atomic E-state index is -5.03. The second-order valence-electron chi connectivity index (χ2n) is 12.3. The Morgan fingerprint density at radius 1 is 0.960 bits per heavy atom. The van der Waals surface area contributed by atoms with Crippen molar-refractivity contribution < 1.29 is 37.3 Å². The number of carbonyl (C=O) groups is 2. The molecule has 2 aliphatic heterocycles. The fourth-order valence-corrected chi connectivity index (χ4v) is 7.31. The van der Waals surface area contributed by atoms with Crippen molar-refractivity contribution in [1.29, 1.82) is 0 Å². The maximum Gasteiger partial charge on any atom is 0.471 e. The van der Waals surface area contributed by atoms with E-state index in [1.807, 2.05) is 72.8 Å². The number of nitrogens with one attached hydrogen (secondary N) is 1. The van der Waals surface area contributed by atoms with Crippen LogP contribution in [0.4, 0.5) is 13.2 Å². The summed E-state index contributed by atoms with van der Waals surface area (Å²) in [5.74, 6) is -2.00. The molecule has 4 aromatic rings. The maximum absolute atomic E-state index is 13.1. The summed E-state index contributed by atoms with van der Waals surface area (Å²) >= 11 is 1.51. The first kappa shape index (κ1) is 35.5. The van der Waals surface area contributed by atoms with E-state index in [0.717, 1.165) is 33.4 Å². The zero-order chi connectivity index (χ0) is 35.3. The van der Waals surface area contributed by atoms with Gasteiger partial charge in [0.2, 0.25) is 5.91 Å². The SMILES string of the molecule is C[C@@H]1[C@H](CSc2ncccn2)O[C@H](c2ccc(-c3ccccc3CNC(=O)[C@@H]3CCCN3C(=O)C(F)(F)F)cc2)O[C@@H]1c1ccc(CO)cc1. The van der Waals surface area contributed by atoms with Gasteiger partial charge in [0.1, 0.15) is 6.04 Å². The Balaban J connectivity index is 1.17. The smallest absolute Gasteiger partial charge is 0.392 e. The molecule has 2 N–H and O–H groups in total. The number of rotatable bonds is 10. The van der Waals surface area contributed by atoms with Crippen LogP contribution in [0.5, 0.6) is 0 Å². The summed E-state index contributed by atoms with van der Waals surface area (Å²) in [5.41, 5.74) is 5.07. The van der Waals surface area contributed by atoms with E-state index < -0.39 is 30.3 Å². The molecule has 5 atom stereocenters. The molecular weight excluding hydrogens is 669 g/mol. The molecule has 0 spiro atoms. The van der Waals surface area contributed by atoms with E-state index in [9.17, 15) is 27.9 Å². The number of halogens is 3. The lowest BCUT2D eigenvalue weighted by atomic mass is 9.91. The van der Waals surface area contributed by atoms with E-state index in [1.54, 1.807) is 18.5 Å². The first-order chi connectivity index (χ1) is 24.1. The van der Waals surface area contributed by atoms with Gasteiger partial charge in [-0.1, -0.05) is 91.5 Å². The molecule has 3 aromatic carbocycles. The monoisotopic (exact) mass is 706 g/mol. The number of hydrogen-bond acceptors (Lipinski definition) is 8. The van der Waals surface area contributed by atoms with Crippen LogP contribution in [0, 0.1) is 5.92 Å². The summed E-state index contributed by atoms with van der Waals surface area (Å²) in [6, 6.07) is 23.5. The van der Waals surface area contributed by atoms with Gasteiger partial charge in [0.05, 0.1) is 18.8 Å². The Labute approximate surface area is 292 Å². The molecular formula is C37H37F3N4O5S. The molecule has 0 saturated carbocycles. The molecule has 0 bridgehead atoms. The summed E-state index contributed by atoms with van der Waals surface area (Å²) in [6.07, 6.45) is -2.27. The van der Waals surface area contributed by atoms with Crippen molar-refractivity contribution in [3.05, 3.63) is 114 Å². The number of likely N-dealkylation sites (tertiary alicyclic amines) is 1. The Hall–Kier alpha value is -4.30. The number of thioether (sulfide) groups is 1. The highest BCUT2D eigenvalue weighted by Crippen LogP contribution is 2.43. The summed E-state index contributed by atoms with van der Waals surface area (Å²) in [7, 11) is 0. The molecule has 2 fully saturated rings. The van der Waals surface area contributed by atoms with Gasteiger partial charge in [-0.05, 0) is 46.7 Å². The second kappa shape index (κ2) is 15.7. The molecule has 1 aromatic heterocycles. The van der Waals surface area contributed by atoms with Crippen molar-refractivity contribution in [2.75, 3.05) is 12.3 Å². The fourth-order valence-electron chi connectivity index (χ4n) is 6.35. The molecule has 262 valence electrons. The van der Waals surface area contributed by atoms with Gasteiger partial charge >= 0.3 is 12.1 Å². The zero-order valence-corrected chi connectivity index (χ0v) is 28.1. The lowest BCUT2D eigenvalue weighted by Gasteiger charge is -2.41. The largest absolute Gasteiger partial charge is 0.471 e. The van der Waals surface area contributed by atoms with E-state index in [2.05, 4.69) is 22.2 Å². The van der Waals surface area contributed by atoms with Crippen molar-refractivity contribution >= 4 is 23.6 Å². The summed E-state index contributed by atoms with van der Waals surface area (Å²) < 4.78 is 52.4. The Kier molecular flexibility index (Phi) is 11.2. The number of aliphatic hydroxyl groups is 1. The van der Waals surface area contributed by atoms with Crippen LogP contribution in [0.1, 0.15) is 54.4 Å². The average Bonchev–Trinajstić information content (AvgIpc) is 3.63. The number of ether oxygens (including phenoxy) is 2. The highest BCUT2D eigenvalue weighted by atomic mass is 32.2. The van der Waals surface area contributed by atoms with Gasteiger partial charge in [0.25, 0.3) is 0 Å². The molecule has 0 radical (unpaired) electrons. The average molecular weight is 707 g/mol. The fraction of sp³-hybridized carbons (Fsp3) is 0.351. The van der Waals surface area contributed by atoms with Gasteiger partial charge in [-0.2, -0.15) is 13.2 Å². The van der Waals surface area contributed by atoms with E-state index in [-0.39, 0.29) is 44.2 Å². The zero-order valence-electron chi connectivity index (χ0n) is 27.3. The van der Waals surface area contributed by atoms with Crippen LogP contribution in [0.25, 0.3) is 11.1 Å². The normalized spacial score (nSPS) is 22.3. The summed E-state index contributed by atoms with van der Waals surface area (Å²) in [6.45, 7) is 2.02. The third kappa shape index (κ3) is 8.18. The van der Waals surface area contributed by atoms with Gasteiger partial charge in [0, 0.05) is 42.7 Å². The number of alkyl halides is 3. The van der Waals surface area contributed by atoms with Gasteiger partial charge in [-0.15, -0.1) is 0 Å². The van der Waals surface area contributed by atoms with Crippen LogP contribution in [-0.2, 0) is 32.2 Å². The van der Waals surface area contributed by atoms with Crippen molar-refractivity contribution in [1.82, 2.24) is 20.2 Å². The molecule has 0 aliphatic carbocycles. The van der Waals surface area contributed by atoms with Crippen molar-refractivity contribution in [2.24, 2.45) is 5.92 Å². The van der Waals surface area contributed by atoms with Gasteiger partial charge in [-0.3, -0.25) is 9.59 Å². The van der Waals surface area contributed by atoms with Crippen LogP contribution < -0.4 is 5.32 Å². The summed E-state index contributed by atoms with van der Waals surface area (Å²) in [5, 5.41) is 12.9. The predicted molar refractivity (Wildman–Crippen MR) is 180 cm³/mol. The highest BCUT2D eigenvalue weighted by Gasteiger charge is 2.47. The molecule has 3 heterocycles. The number of nitrogens with zero attached hydrogens (tertiary/aromatic N) is 3. The number of amides is 2. The molecule has 9 nitrogen and oxygen atoms in total. The van der Waals surface area contributed by atoms with E-state index in [1.165, 1.54) is 11.8 Å². The van der Waals surface area contributed by atoms with E-state index >= 15 is 0 Å². The summed E-state index contributed by atoms with van der Waals surface area (Å²) in [4.78, 5) is 34.1. The number of benzene rings is 3. The number of hydrogen-bond donors (Lipinski definition) is 2. The van der Waals surface area contributed by atoms with Crippen molar-refractivity contribution in [2.45, 2.75) is 68.8 Å². The molecule has 2 saturated heterocycles. The van der Waals surface area contributed by atoms with E-state index in [4.69, 9.17) is 9.47 Å². The minimum Gasteiger partial charge on any atom is -0.392 e.